The number of fused-ring (bicyclic) bond motifs is 1. The number of carbonyl (C=O) groups excluding carboxylic acids is 1. The Morgan fingerprint density at radius 2 is 2.09 bits per heavy atom. The van der Waals surface area contributed by atoms with E-state index in [1.54, 1.807) is 5.38 Å². The Morgan fingerprint density at radius 1 is 1.30 bits per heavy atom. The van der Waals surface area contributed by atoms with Gasteiger partial charge in [0.25, 0.3) is 5.91 Å². The van der Waals surface area contributed by atoms with Crippen LogP contribution in [0, 0.1) is 6.92 Å². The predicted octanol–water partition coefficient (Wildman–Crippen LogP) is 2.64. The van der Waals surface area contributed by atoms with E-state index < -0.39 is 0 Å². The van der Waals surface area contributed by atoms with Crippen LogP contribution < -0.4 is 16.8 Å². The molecule has 3 aromatic rings. The number of aromatic nitrogens is 2. The van der Waals surface area contributed by atoms with Gasteiger partial charge in [-0.05, 0) is 18.6 Å². The number of nitrogens with one attached hydrogen (secondary N) is 1. The van der Waals surface area contributed by atoms with Crippen LogP contribution in [-0.2, 0) is 0 Å². The molecular formula is C13H13ClN6OS2. The Kier molecular flexibility index (Phi) is 5.14. The van der Waals surface area contributed by atoms with Gasteiger partial charge in [0.05, 0.1) is 10.2 Å². The van der Waals surface area contributed by atoms with Crippen LogP contribution in [0.15, 0.2) is 28.6 Å². The zero-order valence-corrected chi connectivity index (χ0v) is 14.4. The number of aryl methyl sites for hydroxylation is 1. The highest BCUT2D eigenvalue weighted by atomic mass is 35.5. The molecule has 5 N–H and O–H groups in total. The molecule has 2 heterocycles. The fraction of sp³-hybridized carbons (Fsp3) is 0.0769. The zero-order valence-electron chi connectivity index (χ0n) is 11.9. The fourth-order valence-corrected chi connectivity index (χ4v) is 3.46. The topological polar surface area (TPSA) is 119 Å². The lowest BCUT2D eigenvalue weighted by Crippen LogP contribution is -2.21. The lowest BCUT2D eigenvalue weighted by molar-refractivity contribution is 0.102. The van der Waals surface area contributed by atoms with Crippen molar-refractivity contribution in [3.05, 3.63) is 34.8 Å². The van der Waals surface area contributed by atoms with Crippen molar-refractivity contribution >= 4 is 67.4 Å². The molecule has 0 aliphatic carbocycles. The van der Waals surface area contributed by atoms with Crippen LogP contribution in [0.4, 0.5) is 10.3 Å². The zero-order chi connectivity index (χ0) is 15.7. The first-order valence-electron chi connectivity index (χ1n) is 6.25. The predicted molar refractivity (Wildman–Crippen MR) is 97.1 cm³/mol. The van der Waals surface area contributed by atoms with E-state index in [-0.39, 0.29) is 30.0 Å². The van der Waals surface area contributed by atoms with Crippen molar-refractivity contribution in [2.24, 2.45) is 16.5 Å². The standard InChI is InChI=1S/C13H12N6OS2.ClH/c1-6-3-2-4-8-9(6)17-13(22-8)18-10(20)7-5-21-12(16-7)19-11(14)15;/h2-5H,1H3,(H,17,18,20)(H4,14,15,16,19);1H. The summed E-state index contributed by atoms with van der Waals surface area (Å²) in [6.07, 6.45) is 0. The molecule has 7 nitrogen and oxygen atoms in total. The maximum atomic E-state index is 12.2. The van der Waals surface area contributed by atoms with Gasteiger partial charge in [-0.3, -0.25) is 10.1 Å². The number of rotatable bonds is 3. The third kappa shape index (κ3) is 3.76. The van der Waals surface area contributed by atoms with Crippen molar-refractivity contribution in [2.45, 2.75) is 6.92 Å². The minimum absolute atomic E-state index is 0. The number of aliphatic imine (C=N–C) groups is 1. The third-order valence-corrected chi connectivity index (χ3v) is 4.46. The van der Waals surface area contributed by atoms with E-state index in [0.29, 0.717) is 10.3 Å². The molecular weight excluding hydrogens is 356 g/mol. The molecule has 0 saturated carbocycles. The van der Waals surface area contributed by atoms with E-state index in [4.69, 9.17) is 11.5 Å². The first-order chi connectivity index (χ1) is 10.5. The number of carbonyl (C=O) groups is 1. The van der Waals surface area contributed by atoms with Crippen molar-refractivity contribution in [1.82, 2.24) is 9.97 Å². The van der Waals surface area contributed by atoms with E-state index in [1.165, 1.54) is 22.7 Å². The van der Waals surface area contributed by atoms with Gasteiger partial charge in [-0.1, -0.05) is 23.5 Å². The van der Waals surface area contributed by atoms with Crippen LogP contribution in [0.3, 0.4) is 0 Å². The summed E-state index contributed by atoms with van der Waals surface area (Å²) in [5.74, 6) is -0.437. The average Bonchev–Trinajstić information content (AvgIpc) is 3.05. The Labute approximate surface area is 145 Å². The van der Waals surface area contributed by atoms with Crippen LogP contribution >= 0.6 is 35.1 Å². The minimum atomic E-state index is -0.343. The lowest BCUT2D eigenvalue weighted by atomic mass is 10.2. The van der Waals surface area contributed by atoms with Gasteiger partial charge in [-0.2, -0.15) is 4.99 Å². The second-order valence-electron chi connectivity index (χ2n) is 4.45. The Bertz CT molecular complexity index is 884. The van der Waals surface area contributed by atoms with Gasteiger partial charge < -0.3 is 11.5 Å². The second-order valence-corrected chi connectivity index (χ2v) is 6.31. The number of benzene rings is 1. The first kappa shape index (κ1) is 17.1. The van der Waals surface area contributed by atoms with Crippen LogP contribution in [-0.4, -0.2) is 21.8 Å². The maximum absolute atomic E-state index is 12.2. The molecule has 0 radical (unpaired) electrons. The summed E-state index contributed by atoms with van der Waals surface area (Å²) in [4.78, 5) is 24.4. The summed E-state index contributed by atoms with van der Waals surface area (Å²) in [6, 6.07) is 5.91. The van der Waals surface area contributed by atoms with Crippen LogP contribution in [0.5, 0.6) is 0 Å². The van der Waals surface area contributed by atoms with Gasteiger partial charge in [-0.25, -0.2) is 9.97 Å². The van der Waals surface area contributed by atoms with E-state index >= 15 is 0 Å². The molecule has 0 bridgehead atoms. The SMILES string of the molecule is Cc1cccc2sc(NC(=O)c3csc(N=C(N)N)n3)nc12.Cl. The molecule has 1 amide bonds. The van der Waals surface area contributed by atoms with Crippen molar-refractivity contribution in [3.8, 4) is 0 Å². The van der Waals surface area contributed by atoms with Gasteiger partial charge in [0.1, 0.15) is 5.69 Å². The highest BCUT2D eigenvalue weighted by Gasteiger charge is 2.14. The van der Waals surface area contributed by atoms with Gasteiger partial charge >= 0.3 is 0 Å². The quantitative estimate of drug-likeness (QED) is 0.485. The number of amides is 1. The number of thiazole rings is 2. The van der Waals surface area contributed by atoms with Crippen LogP contribution in [0.2, 0.25) is 0 Å². The summed E-state index contributed by atoms with van der Waals surface area (Å²) in [7, 11) is 0. The van der Waals surface area contributed by atoms with Crippen molar-refractivity contribution in [3.63, 3.8) is 0 Å². The summed E-state index contributed by atoms with van der Waals surface area (Å²) in [5.41, 5.74) is 12.8. The molecule has 0 aliphatic rings. The monoisotopic (exact) mass is 368 g/mol. The third-order valence-electron chi connectivity index (χ3n) is 2.79. The molecule has 0 atom stereocenters. The number of nitrogens with zero attached hydrogens (tertiary/aromatic N) is 3. The Balaban J connectivity index is 0.00000192. The normalized spacial score (nSPS) is 10.1. The van der Waals surface area contributed by atoms with Crippen LogP contribution in [0.25, 0.3) is 10.2 Å². The van der Waals surface area contributed by atoms with Gasteiger partial charge in [0.15, 0.2) is 11.1 Å². The number of anilines is 1. The number of hydrogen-bond donors (Lipinski definition) is 3. The largest absolute Gasteiger partial charge is 0.370 e. The fourth-order valence-electron chi connectivity index (χ4n) is 1.83. The molecule has 2 aromatic heterocycles. The summed E-state index contributed by atoms with van der Waals surface area (Å²) < 4.78 is 1.02. The van der Waals surface area contributed by atoms with Gasteiger partial charge in [-0.15, -0.1) is 23.7 Å². The molecule has 0 unspecified atom stereocenters. The number of hydrogen-bond acceptors (Lipinski definition) is 6. The summed E-state index contributed by atoms with van der Waals surface area (Å²) in [5, 5.41) is 5.21. The second kappa shape index (κ2) is 6.90. The first-order valence-corrected chi connectivity index (χ1v) is 7.95. The molecule has 120 valence electrons. The van der Waals surface area contributed by atoms with Crippen LogP contribution in [0.1, 0.15) is 16.1 Å². The lowest BCUT2D eigenvalue weighted by Gasteiger charge is -1.96. The number of halogens is 1. The van der Waals surface area contributed by atoms with E-state index in [2.05, 4.69) is 20.3 Å². The van der Waals surface area contributed by atoms with Crippen molar-refractivity contribution in [1.29, 1.82) is 0 Å². The van der Waals surface area contributed by atoms with E-state index in [0.717, 1.165) is 15.8 Å². The number of nitrogens with two attached hydrogens (primary N) is 2. The summed E-state index contributed by atoms with van der Waals surface area (Å²) >= 11 is 2.60. The molecule has 0 saturated heterocycles. The smallest absolute Gasteiger partial charge is 0.276 e. The maximum Gasteiger partial charge on any atom is 0.276 e. The van der Waals surface area contributed by atoms with Gasteiger partial charge in [0, 0.05) is 5.38 Å². The summed E-state index contributed by atoms with van der Waals surface area (Å²) in [6.45, 7) is 1.98. The van der Waals surface area contributed by atoms with Crippen molar-refractivity contribution < 1.29 is 4.79 Å². The average molecular weight is 369 g/mol. The molecule has 0 fully saturated rings. The molecule has 1 aromatic carbocycles. The molecule has 23 heavy (non-hydrogen) atoms. The number of guanidine groups is 1. The minimum Gasteiger partial charge on any atom is -0.370 e. The molecule has 10 heteroatoms. The molecule has 0 spiro atoms. The Morgan fingerprint density at radius 3 is 2.78 bits per heavy atom. The molecule has 0 aliphatic heterocycles. The van der Waals surface area contributed by atoms with E-state index in [9.17, 15) is 4.79 Å². The highest BCUT2D eigenvalue weighted by molar-refractivity contribution is 7.22. The van der Waals surface area contributed by atoms with E-state index in [1.807, 2.05) is 25.1 Å². The Hall–Kier alpha value is -2.23. The number of para-hydroxylation sites is 1. The molecule has 3 rings (SSSR count). The van der Waals surface area contributed by atoms with Gasteiger partial charge in [0.2, 0.25) is 5.13 Å². The highest BCUT2D eigenvalue weighted by Crippen LogP contribution is 2.28. The van der Waals surface area contributed by atoms with Crippen molar-refractivity contribution in [2.75, 3.05) is 5.32 Å².